The van der Waals surface area contributed by atoms with Gasteiger partial charge in [-0.15, -0.1) is 0 Å². The first-order valence-electron chi connectivity index (χ1n) is 10.7. The fraction of sp³-hybridized carbons (Fsp3) is 0.400. The molecule has 1 unspecified atom stereocenters. The molecule has 2 aromatic rings. The molecule has 0 aliphatic carbocycles. The van der Waals surface area contributed by atoms with E-state index in [1.54, 1.807) is 24.3 Å². The van der Waals surface area contributed by atoms with E-state index >= 15 is 0 Å². The zero-order chi connectivity index (χ0) is 22.8. The van der Waals surface area contributed by atoms with Crippen molar-refractivity contribution in [1.29, 1.82) is 0 Å². The molecule has 0 bridgehead atoms. The number of ketones is 2. The van der Waals surface area contributed by atoms with Crippen LogP contribution in [0.3, 0.4) is 0 Å². The summed E-state index contributed by atoms with van der Waals surface area (Å²) in [5.41, 5.74) is 15.3. The Kier molecular flexibility index (Phi) is 9.25. The molecular formula is C25H32N2O4. The fourth-order valence-corrected chi connectivity index (χ4v) is 3.31. The molecule has 0 aliphatic heterocycles. The highest BCUT2D eigenvalue weighted by molar-refractivity contribution is 5.89. The van der Waals surface area contributed by atoms with Crippen molar-refractivity contribution < 1.29 is 19.1 Å². The van der Waals surface area contributed by atoms with Gasteiger partial charge in [-0.2, -0.15) is 0 Å². The number of nitrogens with two attached hydrogens (primary N) is 2. The van der Waals surface area contributed by atoms with Gasteiger partial charge in [0.2, 0.25) is 0 Å². The number of ether oxygens (including phenoxy) is 1. The van der Waals surface area contributed by atoms with Gasteiger partial charge in [0.25, 0.3) is 0 Å². The highest BCUT2D eigenvalue weighted by Crippen LogP contribution is 2.20. The summed E-state index contributed by atoms with van der Waals surface area (Å²) in [6.07, 6.45) is 3.36. The molecule has 0 fully saturated rings. The van der Waals surface area contributed by atoms with E-state index < -0.39 is 0 Å². The predicted octanol–water partition coefficient (Wildman–Crippen LogP) is 4.28. The number of rotatable bonds is 12. The number of Topliss-reactive ketones (excluding diaryl/α,β-unsaturated/α-hetero) is 2. The molecular weight excluding hydrogens is 392 g/mol. The van der Waals surface area contributed by atoms with Gasteiger partial charge in [0, 0.05) is 30.1 Å². The maximum atomic E-state index is 12.4. The van der Waals surface area contributed by atoms with Crippen molar-refractivity contribution in [3.05, 3.63) is 59.2 Å². The van der Waals surface area contributed by atoms with Crippen LogP contribution in [-0.2, 0) is 20.7 Å². The summed E-state index contributed by atoms with van der Waals surface area (Å²) in [4.78, 5) is 36.3. The molecule has 2 rings (SSSR count). The third kappa shape index (κ3) is 8.24. The van der Waals surface area contributed by atoms with Gasteiger partial charge in [-0.1, -0.05) is 12.1 Å². The zero-order valence-corrected chi connectivity index (χ0v) is 18.4. The number of hydrogen-bond acceptors (Lipinski definition) is 6. The molecule has 0 aromatic heterocycles. The Morgan fingerprint density at radius 1 is 0.968 bits per heavy atom. The van der Waals surface area contributed by atoms with E-state index in [1.807, 2.05) is 25.1 Å². The average molecular weight is 425 g/mol. The minimum Gasteiger partial charge on any atom is -0.462 e. The van der Waals surface area contributed by atoms with Crippen molar-refractivity contribution in [3.63, 3.8) is 0 Å². The number of unbranched alkanes of at least 4 members (excludes halogenated alkanes) is 2. The molecule has 0 saturated carbocycles. The Bertz CT molecular complexity index is 906. The number of nitrogen functional groups attached to an aromatic ring is 2. The minimum absolute atomic E-state index is 0.0158. The van der Waals surface area contributed by atoms with E-state index in [0.29, 0.717) is 49.2 Å². The van der Waals surface area contributed by atoms with E-state index in [-0.39, 0.29) is 29.9 Å². The largest absolute Gasteiger partial charge is 0.462 e. The van der Waals surface area contributed by atoms with Gasteiger partial charge in [0.15, 0.2) is 0 Å². The van der Waals surface area contributed by atoms with Crippen LogP contribution in [-0.4, -0.2) is 24.1 Å². The maximum Gasteiger partial charge on any atom is 0.338 e. The standard InChI is InChI=1S/C25H32N2O4/c1-17-7-8-19(15-24(17)27)14-21(18(2)28)16-23(29)6-4-3-5-13-31-25(30)20-9-11-22(26)12-10-20/h7-12,15,21H,3-6,13-14,16,26-27H2,1-2H3. The second-order valence-corrected chi connectivity index (χ2v) is 8.01. The molecule has 0 heterocycles. The number of carbonyl (C=O) groups is 3. The summed E-state index contributed by atoms with van der Waals surface area (Å²) in [5, 5.41) is 0. The fourth-order valence-electron chi connectivity index (χ4n) is 3.31. The van der Waals surface area contributed by atoms with Gasteiger partial charge in [-0.3, -0.25) is 9.59 Å². The van der Waals surface area contributed by atoms with E-state index in [2.05, 4.69) is 0 Å². The predicted molar refractivity (Wildman–Crippen MR) is 123 cm³/mol. The maximum absolute atomic E-state index is 12.4. The second kappa shape index (κ2) is 11.9. The molecule has 0 spiro atoms. The molecule has 2 aromatic carbocycles. The van der Waals surface area contributed by atoms with Crippen LogP contribution in [0, 0.1) is 12.8 Å². The molecule has 1 atom stereocenters. The summed E-state index contributed by atoms with van der Waals surface area (Å²) in [5.74, 6) is -0.603. The van der Waals surface area contributed by atoms with Crippen LogP contribution in [0.25, 0.3) is 0 Å². The van der Waals surface area contributed by atoms with Gasteiger partial charge < -0.3 is 16.2 Å². The number of hydrogen-bond donors (Lipinski definition) is 2. The third-order valence-electron chi connectivity index (χ3n) is 5.35. The van der Waals surface area contributed by atoms with Crippen LogP contribution < -0.4 is 11.5 Å². The molecule has 0 amide bonds. The van der Waals surface area contributed by atoms with Crippen LogP contribution in [0.15, 0.2) is 42.5 Å². The van der Waals surface area contributed by atoms with Crippen molar-refractivity contribution in [2.75, 3.05) is 18.1 Å². The van der Waals surface area contributed by atoms with Crippen molar-refractivity contribution in [3.8, 4) is 0 Å². The smallest absolute Gasteiger partial charge is 0.338 e. The summed E-state index contributed by atoms with van der Waals surface area (Å²) in [6, 6.07) is 12.3. The number of anilines is 2. The quantitative estimate of drug-likeness (QED) is 0.299. The van der Waals surface area contributed by atoms with Crippen molar-refractivity contribution in [2.24, 2.45) is 5.92 Å². The highest BCUT2D eigenvalue weighted by atomic mass is 16.5. The Hall–Kier alpha value is -3.15. The molecule has 0 saturated heterocycles. The number of aryl methyl sites for hydroxylation is 1. The monoisotopic (exact) mass is 424 g/mol. The summed E-state index contributed by atoms with van der Waals surface area (Å²) >= 11 is 0. The Morgan fingerprint density at radius 2 is 1.68 bits per heavy atom. The third-order valence-corrected chi connectivity index (χ3v) is 5.35. The van der Waals surface area contributed by atoms with Gasteiger partial charge in [0.05, 0.1) is 12.2 Å². The topological polar surface area (TPSA) is 112 Å². The highest BCUT2D eigenvalue weighted by Gasteiger charge is 2.19. The number of benzene rings is 2. The van der Waals surface area contributed by atoms with Crippen molar-refractivity contribution in [2.45, 2.75) is 52.4 Å². The van der Waals surface area contributed by atoms with Crippen molar-refractivity contribution >= 4 is 28.9 Å². The molecule has 31 heavy (non-hydrogen) atoms. The van der Waals surface area contributed by atoms with E-state index in [4.69, 9.17) is 16.2 Å². The van der Waals surface area contributed by atoms with Crippen molar-refractivity contribution in [1.82, 2.24) is 0 Å². The summed E-state index contributed by atoms with van der Waals surface area (Å²) < 4.78 is 5.24. The average Bonchev–Trinajstić information content (AvgIpc) is 2.73. The van der Waals surface area contributed by atoms with E-state index in [9.17, 15) is 14.4 Å². The lowest BCUT2D eigenvalue weighted by Crippen LogP contribution is -2.18. The van der Waals surface area contributed by atoms with Crippen LogP contribution in [0.5, 0.6) is 0 Å². The molecule has 6 nitrogen and oxygen atoms in total. The van der Waals surface area contributed by atoms with Crippen LogP contribution >= 0.6 is 0 Å². The van der Waals surface area contributed by atoms with Crippen LogP contribution in [0.4, 0.5) is 11.4 Å². The first-order chi connectivity index (χ1) is 14.8. The van der Waals surface area contributed by atoms with Gasteiger partial charge in [0.1, 0.15) is 11.6 Å². The molecule has 0 aliphatic rings. The van der Waals surface area contributed by atoms with Gasteiger partial charge in [-0.25, -0.2) is 4.79 Å². The first kappa shape index (κ1) is 24.1. The second-order valence-electron chi connectivity index (χ2n) is 8.01. The number of esters is 1. The van der Waals surface area contributed by atoms with Gasteiger partial charge >= 0.3 is 5.97 Å². The first-order valence-corrected chi connectivity index (χ1v) is 10.7. The normalized spacial score (nSPS) is 11.7. The zero-order valence-electron chi connectivity index (χ0n) is 18.4. The molecule has 4 N–H and O–H groups in total. The lowest BCUT2D eigenvalue weighted by atomic mass is 9.89. The van der Waals surface area contributed by atoms with Crippen LogP contribution in [0.1, 0.15) is 60.5 Å². The molecule has 0 radical (unpaired) electrons. The molecule has 6 heteroatoms. The Labute approximate surface area is 184 Å². The lowest BCUT2D eigenvalue weighted by Gasteiger charge is -2.14. The Balaban J connectivity index is 1.67. The minimum atomic E-state index is -0.378. The summed E-state index contributed by atoms with van der Waals surface area (Å²) in [7, 11) is 0. The number of carbonyl (C=O) groups excluding carboxylic acids is 3. The van der Waals surface area contributed by atoms with E-state index in [1.165, 1.54) is 6.92 Å². The Morgan fingerprint density at radius 3 is 2.32 bits per heavy atom. The van der Waals surface area contributed by atoms with Gasteiger partial charge in [-0.05, 0) is 81.0 Å². The molecule has 166 valence electrons. The summed E-state index contributed by atoms with van der Waals surface area (Å²) in [6.45, 7) is 3.78. The SMILES string of the molecule is CC(=O)C(CC(=O)CCCCCOC(=O)c1ccc(N)cc1)Cc1ccc(C)c(N)c1. The lowest BCUT2D eigenvalue weighted by molar-refractivity contribution is -0.126. The van der Waals surface area contributed by atoms with Crippen LogP contribution in [0.2, 0.25) is 0 Å². The van der Waals surface area contributed by atoms with E-state index in [0.717, 1.165) is 17.5 Å².